The van der Waals surface area contributed by atoms with Crippen LogP contribution in [0.15, 0.2) is 84.9 Å². The van der Waals surface area contributed by atoms with Gasteiger partial charge in [-0.2, -0.15) is 0 Å². The molecule has 0 aliphatic heterocycles. The highest BCUT2D eigenvalue weighted by Gasteiger charge is 2.15. The molecule has 0 heterocycles. The van der Waals surface area contributed by atoms with Crippen molar-refractivity contribution in [1.29, 1.82) is 0 Å². The smallest absolute Gasteiger partial charge is 0.224 e. The Morgan fingerprint density at radius 3 is 2.03 bits per heavy atom. The predicted octanol–water partition coefficient (Wildman–Crippen LogP) is 3.80. The van der Waals surface area contributed by atoms with Gasteiger partial charge in [-0.3, -0.25) is 9.59 Å². The Hall–Kier alpha value is -3.60. The van der Waals surface area contributed by atoms with Crippen LogP contribution in [0.3, 0.4) is 0 Å². The molecule has 0 aromatic heterocycles. The molecule has 0 spiro atoms. The third-order valence-electron chi connectivity index (χ3n) is 4.97. The Morgan fingerprint density at radius 1 is 0.806 bits per heavy atom. The zero-order chi connectivity index (χ0) is 21.9. The van der Waals surface area contributed by atoms with Crippen LogP contribution in [0, 0.1) is 0 Å². The largest absolute Gasteiger partial charge is 0.489 e. The van der Waals surface area contributed by atoms with Gasteiger partial charge in [-0.25, -0.2) is 0 Å². The molecule has 0 aliphatic rings. The van der Waals surface area contributed by atoms with Crippen molar-refractivity contribution < 1.29 is 14.3 Å². The van der Waals surface area contributed by atoms with Crippen LogP contribution >= 0.6 is 0 Å². The van der Waals surface area contributed by atoms with Gasteiger partial charge >= 0.3 is 0 Å². The molecule has 0 fully saturated rings. The van der Waals surface area contributed by atoms with Gasteiger partial charge in [0, 0.05) is 12.5 Å². The van der Waals surface area contributed by atoms with Crippen molar-refractivity contribution in [3.05, 3.63) is 102 Å². The normalized spacial score (nSPS) is 11.5. The fraction of sp³-hybridized carbons (Fsp3) is 0.231. The van der Waals surface area contributed by atoms with Crippen LogP contribution in [0.2, 0.25) is 0 Å². The van der Waals surface area contributed by atoms with Crippen LogP contribution in [-0.2, 0) is 29.0 Å². The Balaban J connectivity index is 1.56. The Kier molecular flexibility index (Phi) is 8.23. The first-order chi connectivity index (χ1) is 15.1. The molecule has 3 aromatic carbocycles. The van der Waals surface area contributed by atoms with Crippen LogP contribution in [-0.4, -0.2) is 17.9 Å². The third-order valence-corrected chi connectivity index (χ3v) is 4.97. The fourth-order valence-corrected chi connectivity index (χ4v) is 3.35. The molecule has 0 saturated carbocycles. The van der Waals surface area contributed by atoms with Crippen LogP contribution in [0.1, 0.15) is 29.5 Å². The van der Waals surface area contributed by atoms with Gasteiger partial charge in [-0.05, 0) is 41.7 Å². The SMILES string of the molecule is NC(=O)CCC(Cc1ccc(OCc2ccccc2)cc1)NC(=O)Cc1ccccc1. The number of benzene rings is 3. The van der Waals surface area contributed by atoms with Crippen LogP contribution in [0.4, 0.5) is 0 Å². The molecule has 0 saturated heterocycles. The number of hydrogen-bond donors (Lipinski definition) is 2. The van der Waals surface area contributed by atoms with E-state index in [9.17, 15) is 9.59 Å². The lowest BCUT2D eigenvalue weighted by Crippen LogP contribution is -2.38. The molecule has 0 aliphatic carbocycles. The molecule has 3 rings (SSSR count). The van der Waals surface area contributed by atoms with Gasteiger partial charge in [-0.15, -0.1) is 0 Å². The first-order valence-electron chi connectivity index (χ1n) is 10.5. The van der Waals surface area contributed by atoms with E-state index in [1.165, 1.54) is 0 Å². The number of carbonyl (C=O) groups is 2. The van der Waals surface area contributed by atoms with Crippen molar-refractivity contribution >= 4 is 11.8 Å². The van der Waals surface area contributed by atoms with Crippen molar-refractivity contribution in [1.82, 2.24) is 5.32 Å². The molecule has 5 heteroatoms. The summed E-state index contributed by atoms with van der Waals surface area (Å²) < 4.78 is 5.83. The second kappa shape index (κ2) is 11.6. The van der Waals surface area contributed by atoms with Crippen LogP contribution < -0.4 is 15.8 Å². The zero-order valence-corrected chi connectivity index (χ0v) is 17.5. The lowest BCUT2D eigenvalue weighted by Gasteiger charge is -2.19. The molecule has 31 heavy (non-hydrogen) atoms. The number of hydrogen-bond acceptors (Lipinski definition) is 3. The van der Waals surface area contributed by atoms with Gasteiger partial charge in [-0.1, -0.05) is 72.8 Å². The summed E-state index contributed by atoms with van der Waals surface area (Å²) in [5.74, 6) is 0.352. The van der Waals surface area contributed by atoms with E-state index in [0.29, 0.717) is 25.9 Å². The predicted molar refractivity (Wildman–Crippen MR) is 121 cm³/mol. The van der Waals surface area contributed by atoms with E-state index in [4.69, 9.17) is 10.5 Å². The number of rotatable bonds is 11. The first kappa shape index (κ1) is 22.1. The molecule has 0 bridgehead atoms. The standard InChI is InChI=1S/C26H28N2O3/c27-25(29)16-13-23(28-26(30)18-20-7-3-1-4-8-20)17-21-11-14-24(15-12-21)31-19-22-9-5-2-6-10-22/h1-12,14-15,23H,13,16-19H2,(H2,27,29)(H,28,30). The van der Waals surface area contributed by atoms with Crippen molar-refractivity contribution in [3.63, 3.8) is 0 Å². The maximum Gasteiger partial charge on any atom is 0.224 e. The molecule has 5 nitrogen and oxygen atoms in total. The molecule has 160 valence electrons. The highest BCUT2D eigenvalue weighted by atomic mass is 16.5. The molecular weight excluding hydrogens is 388 g/mol. The number of amides is 2. The number of ether oxygens (including phenoxy) is 1. The Bertz CT molecular complexity index is 957. The number of primary amides is 1. The van der Waals surface area contributed by atoms with E-state index in [2.05, 4.69) is 5.32 Å². The van der Waals surface area contributed by atoms with E-state index in [0.717, 1.165) is 22.4 Å². The molecular formula is C26H28N2O3. The van der Waals surface area contributed by atoms with Crippen molar-refractivity contribution in [3.8, 4) is 5.75 Å². The van der Waals surface area contributed by atoms with E-state index < -0.39 is 0 Å². The second-order valence-electron chi connectivity index (χ2n) is 7.55. The molecule has 1 unspecified atom stereocenters. The second-order valence-corrected chi connectivity index (χ2v) is 7.55. The van der Waals surface area contributed by atoms with E-state index in [1.54, 1.807) is 0 Å². The summed E-state index contributed by atoms with van der Waals surface area (Å²) in [6, 6.07) is 27.2. The van der Waals surface area contributed by atoms with Crippen molar-refractivity contribution in [2.75, 3.05) is 0 Å². The van der Waals surface area contributed by atoms with Gasteiger partial charge in [0.15, 0.2) is 0 Å². The van der Waals surface area contributed by atoms with Crippen LogP contribution in [0.5, 0.6) is 5.75 Å². The summed E-state index contributed by atoms with van der Waals surface area (Å²) in [5, 5.41) is 3.05. The minimum Gasteiger partial charge on any atom is -0.489 e. The average molecular weight is 417 g/mol. The quantitative estimate of drug-likeness (QED) is 0.499. The number of nitrogens with two attached hydrogens (primary N) is 1. The summed E-state index contributed by atoms with van der Waals surface area (Å²) in [4.78, 5) is 23.7. The molecule has 1 atom stereocenters. The highest BCUT2D eigenvalue weighted by molar-refractivity contribution is 5.79. The van der Waals surface area contributed by atoms with Crippen molar-refractivity contribution in [2.45, 2.75) is 38.3 Å². The van der Waals surface area contributed by atoms with Gasteiger partial charge in [0.05, 0.1) is 6.42 Å². The highest BCUT2D eigenvalue weighted by Crippen LogP contribution is 2.16. The van der Waals surface area contributed by atoms with Crippen molar-refractivity contribution in [2.24, 2.45) is 5.73 Å². The summed E-state index contributed by atoms with van der Waals surface area (Å²) in [6.45, 7) is 0.511. The van der Waals surface area contributed by atoms with E-state index >= 15 is 0 Å². The molecule has 3 aromatic rings. The lowest BCUT2D eigenvalue weighted by atomic mass is 10.0. The van der Waals surface area contributed by atoms with E-state index in [1.807, 2.05) is 84.9 Å². The number of carbonyl (C=O) groups excluding carboxylic acids is 2. The first-order valence-corrected chi connectivity index (χ1v) is 10.5. The minimum absolute atomic E-state index is 0.0662. The molecule has 3 N–H and O–H groups in total. The molecule has 2 amide bonds. The Labute approximate surface area is 183 Å². The Morgan fingerprint density at radius 2 is 1.42 bits per heavy atom. The zero-order valence-electron chi connectivity index (χ0n) is 17.5. The third kappa shape index (κ3) is 7.97. The molecule has 0 radical (unpaired) electrons. The lowest BCUT2D eigenvalue weighted by molar-refractivity contribution is -0.122. The monoisotopic (exact) mass is 416 g/mol. The summed E-state index contributed by atoms with van der Waals surface area (Å²) in [6.07, 6.45) is 1.66. The number of nitrogens with one attached hydrogen (secondary N) is 1. The topological polar surface area (TPSA) is 81.4 Å². The van der Waals surface area contributed by atoms with Gasteiger partial charge < -0.3 is 15.8 Å². The van der Waals surface area contributed by atoms with Gasteiger partial charge in [0.2, 0.25) is 11.8 Å². The maximum absolute atomic E-state index is 12.5. The summed E-state index contributed by atoms with van der Waals surface area (Å²) in [7, 11) is 0. The average Bonchev–Trinajstić information content (AvgIpc) is 2.78. The maximum atomic E-state index is 12.5. The van der Waals surface area contributed by atoms with Gasteiger partial charge in [0.25, 0.3) is 0 Å². The van der Waals surface area contributed by atoms with Gasteiger partial charge in [0.1, 0.15) is 12.4 Å². The van der Waals surface area contributed by atoms with E-state index in [-0.39, 0.29) is 24.3 Å². The summed E-state index contributed by atoms with van der Waals surface area (Å²) in [5.41, 5.74) is 8.44. The summed E-state index contributed by atoms with van der Waals surface area (Å²) >= 11 is 0. The van der Waals surface area contributed by atoms with Crippen LogP contribution in [0.25, 0.3) is 0 Å². The fourth-order valence-electron chi connectivity index (χ4n) is 3.35. The minimum atomic E-state index is -0.369.